The summed E-state index contributed by atoms with van der Waals surface area (Å²) >= 11 is 0. The van der Waals surface area contributed by atoms with E-state index in [0.29, 0.717) is 12.0 Å². The lowest BCUT2D eigenvalue weighted by atomic mass is 9.80. The average molecular weight is 227 g/mol. The minimum absolute atomic E-state index is 0.0181. The summed E-state index contributed by atoms with van der Waals surface area (Å²) in [6, 6.07) is 0.692. The highest BCUT2D eigenvalue weighted by atomic mass is 16.6. The van der Waals surface area contributed by atoms with Crippen molar-refractivity contribution < 1.29 is 9.53 Å². The van der Waals surface area contributed by atoms with Gasteiger partial charge in [0.2, 0.25) is 0 Å². The van der Waals surface area contributed by atoms with E-state index in [4.69, 9.17) is 4.74 Å². The molecular weight excluding hydrogens is 202 g/mol. The topological polar surface area (TPSA) is 38.3 Å². The van der Waals surface area contributed by atoms with Gasteiger partial charge in [0.25, 0.3) is 0 Å². The van der Waals surface area contributed by atoms with Crippen LogP contribution in [0.15, 0.2) is 0 Å². The SMILES string of the molecule is CC1CC(C)C(C(=O)OC(C)(C)C)C(C)N1. The van der Waals surface area contributed by atoms with E-state index < -0.39 is 0 Å². The van der Waals surface area contributed by atoms with Gasteiger partial charge in [-0.1, -0.05) is 6.92 Å². The van der Waals surface area contributed by atoms with Gasteiger partial charge in [0.15, 0.2) is 0 Å². The molecule has 1 saturated heterocycles. The molecule has 16 heavy (non-hydrogen) atoms. The molecule has 0 aromatic rings. The van der Waals surface area contributed by atoms with Crippen LogP contribution in [-0.2, 0) is 9.53 Å². The van der Waals surface area contributed by atoms with Crippen LogP contribution in [0.4, 0.5) is 0 Å². The quantitative estimate of drug-likeness (QED) is 0.699. The van der Waals surface area contributed by atoms with Crippen LogP contribution in [-0.4, -0.2) is 23.7 Å². The number of piperidine rings is 1. The molecule has 1 rings (SSSR count). The monoisotopic (exact) mass is 227 g/mol. The van der Waals surface area contributed by atoms with Gasteiger partial charge in [0.1, 0.15) is 5.60 Å². The van der Waals surface area contributed by atoms with Crippen LogP contribution in [0.1, 0.15) is 48.0 Å². The largest absolute Gasteiger partial charge is 0.460 e. The Kier molecular flexibility index (Phi) is 4.00. The van der Waals surface area contributed by atoms with Crippen molar-refractivity contribution in [2.24, 2.45) is 11.8 Å². The first kappa shape index (κ1) is 13.5. The molecule has 0 bridgehead atoms. The smallest absolute Gasteiger partial charge is 0.311 e. The van der Waals surface area contributed by atoms with E-state index >= 15 is 0 Å². The first-order chi connectivity index (χ1) is 7.20. The Hall–Kier alpha value is -0.570. The summed E-state index contributed by atoms with van der Waals surface area (Å²) in [5.41, 5.74) is -0.389. The van der Waals surface area contributed by atoms with Crippen molar-refractivity contribution in [1.29, 1.82) is 0 Å². The highest BCUT2D eigenvalue weighted by Crippen LogP contribution is 2.28. The van der Waals surface area contributed by atoms with Crippen molar-refractivity contribution in [3.8, 4) is 0 Å². The highest BCUT2D eigenvalue weighted by Gasteiger charge is 2.38. The summed E-state index contributed by atoms with van der Waals surface area (Å²) < 4.78 is 5.47. The molecule has 1 fully saturated rings. The lowest BCUT2D eigenvalue weighted by Crippen LogP contribution is -2.52. The van der Waals surface area contributed by atoms with E-state index in [1.165, 1.54) is 0 Å². The Morgan fingerprint density at radius 1 is 1.25 bits per heavy atom. The second-order valence-corrected chi connectivity index (χ2v) is 6.13. The second-order valence-electron chi connectivity index (χ2n) is 6.13. The summed E-state index contributed by atoms with van der Waals surface area (Å²) in [6.45, 7) is 12.1. The first-order valence-corrected chi connectivity index (χ1v) is 6.19. The van der Waals surface area contributed by atoms with Crippen LogP contribution >= 0.6 is 0 Å². The van der Waals surface area contributed by atoms with Gasteiger partial charge in [-0.15, -0.1) is 0 Å². The zero-order valence-electron chi connectivity index (χ0n) is 11.3. The highest BCUT2D eigenvalue weighted by molar-refractivity contribution is 5.74. The molecule has 1 N–H and O–H groups in total. The van der Waals surface area contributed by atoms with Crippen molar-refractivity contribution in [2.75, 3.05) is 0 Å². The molecule has 3 heteroatoms. The van der Waals surface area contributed by atoms with Crippen LogP contribution in [0.5, 0.6) is 0 Å². The minimum atomic E-state index is -0.389. The third kappa shape index (κ3) is 3.48. The van der Waals surface area contributed by atoms with E-state index in [-0.39, 0.29) is 23.5 Å². The summed E-state index contributed by atoms with van der Waals surface area (Å²) in [6.07, 6.45) is 1.04. The van der Waals surface area contributed by atoms with Crippen molar-refractivity contribution in [1.82, 2.24) is 5.32 Å². The van der Waals surface area contributed by atoms with Gasteiger partial charge >= 0.3 is 5.97 Å². The zero-order valence-corrected chi connectivity index (χ0v) is 11.3. The Labute approximate surface area is 98.9 Å². The predicted molar refractivity (Wildman–Crippen MR) is 65.2 cm³/mol. The molecule has 0 radical (unpaired) electrons. The number of carbonyl (C=O) groups excluding carboxylic acids is 1. The fourth-order valence-corrected chi connectivity index (χ4v) is 2.62. The van der Waals surface area contributed by atoms with Crippen molar-refractivity contribution in [2.45, 2.75) is 65.6 Å². The molecule has 0 aromatic heterocycles. The summed E-state index contributed by atoms with van der Waals surface area (Å²) in [7, 11) is 0. The maximum atomic E-state index is 12.1. The number of esters is 1. The van der Waals surface area contributed by atoms with E-state index in [1.54, 1.807) is 0 Å². The van der Waals surface area contributed by atoms with E-state index in [2.05, 4.69) is 26.1 Å². The van der Waals surface area contributed by atoms with Gasteiger partial charge in [0.05, 0.1) is 5.92 Å². The number of carbonyl (C=O) groups is 1. The third-order valence-corrected chi connectivity index (χ3v) is 3.10. The fourth-order valence-electron chi connectivity index (χ4n) is 2.62. The zero-order chi connectivity index (χ0) is 12.5. The number of ether oxygens (including phenoxy) is 1. The Bertz CT molecular complexity index is 245. The van der Waals surface area contributed by atoms with Gasteiger partial charge in [-0.3, -0.25) is 4.79 Å². The molecule has 4 atom stereocenters. The van der Waals surface area contributed by atoms with Gasteiger partial charge in [-0.05, 0) is 47.0 Å². The van der Waals surface area contributed by atoms with Crippen LogP contribution in [0.2, 0.25) is 0 Å². The molecule has 0 aromatic carbocycles. The fraction of sp³-hybridized carbons (Fsp3) is 0.923. The van der Waals surface area contributed by atoms with Gasteiger partial charge in [-0.25, -0.2) is 0 Å². The Morgan fingerprint density at radius 3 is 2.25 bits per heavy atom. The Balaban J connectivity index is 2.67. The molecule has 1 aliphatic rings. The maximum absolute atomic E-state index is 12.1. The molecule has 94 valence electrons. The molecule has 1 heterocycles. The number of nitrogens with one attached hydrogen (secondary N) is 1. The van der Waals surface area contributed by atoms with Crippen LogP contribution < -0.4 is 5.32 Å². The second kappa shape index (κ2) is 4.74. The number of hydrogen-bond donors (Lipinski definition) is 1. The van der Waals surface area contributed by atoms with Gasteiger partial charge in [0, 0.05) is 12.1 Å². The molecule has 0 aliphatic carbocycles. The normalized spacial score (nSPS) is 35.9. The number of hydrogen-bond acceptors (Lipinski definition) is 3. The van der Waals surface area contributed by atoms with Gasteiger partial charge < -0.3 is 10.1 Å². The van der Waals surface area contributed by atoms with E-state index in [0.717, 1.165) is 6.42 Å². The third-order valence-electron chi connectivity index (χ3n) is 3.10. The van der Waals surface area contributed by atoms with E-state index in [1.807, 2.05) is 20.8 Å². The minimum Gasteiger partial charge on any atom is -0.460 e. The molecule has 0 spiro atoms. The van der Waals surface area contributed by atoms with Crippen molar-refractivity contribution >= 4 is 5.97 Å². The lowest BCUT2D eigenvalue weighted by molar-refractivity contribution is -0.164. The molecule has 0 saturated carbocycles. The standard InChI is InChI=1S/C13H25NO2/c1-8-7-9(2)14-10(3)11(8)12(15)16-13(4,5)6/h8-11,14H,7H2,1-6H3. The van der Waals surface area contributed by atoms with Gasteiger partial charge in [-0.2, -0.15) is 0 Å². The summed E-state index contributed by atoms with van der Waals surface area (Å²) in [5, 5.41) is 3.43. The molecule has 1 aliphatic heterocycles. The first-order valence-electron chi connectivity index (χ1n) is 6.19. The van der Waals surface area contributed by atoms with Crippen LogP contribution in [0.25, 0.3) is 0 Å². The average Bonchev–Trinajstić information content (AvgIpc) is 1.96. The lowest BCUT2D eigenvalue weighted by Gasteiger charge is -2.38. The van der Waals surface area contributed by atoms with E-state index in [9.17, 15) is 4.79 Å². The van der Waals surface area contributed by atoms with Crippen molar-refractivity contribution in [3.63, 3.8) is 0 Å². The maximum Gasteiger partial charge on any atom is 0.311 e. The van der Waals surface area contributed by atoms with Crippen LogP contribution in [0, 0.1) is 11.8 Å². The molecular formula is C13H25NO2. The number of rotatable bonds is 1. The molecule has 3 nitrogen and oxygen atoms in total. The molecule has 4 unspecified atom stereocenters. The predicted octanol–water partition coefficient (Wildman–Crippen LogP) is 2.35. The van der Waals surface area contributed by atoms with Crippen molar-refractivity contribution in [3.05, 3.63) is 0 Å². The van der Waals surface area contributed by atoms with Crippen LogP contribution in [0.3, 0.4) is 0 Å². The molecule has 0 amide bonds. The summed E-state index contributed by atoms with van der Waals surface area (Å²) in [5.74, 6) is 0.309. The summed E-state index contributed by atoms with van der Waals surface area (Å²) in [4.78, 5) is 12.1. The Morgan fingerprint density at radius 2 is 1.81 bits per heavy atom.